The van der Waals surface area contributed by atoms with Crippen LogP contribution in [0.1, 0.15) is 15.4 Å². The van der Waals surface area contributed by atoms with Gasteiger partial charge in [0, 0.05) is 36.8 Å². The van der Waals surface area contributed by atoms with Crippen molar-refractivity contribution >= 4 is 47.0 Å². The molecule has 2 rings (SSSR count). The van der Waals surface area contributed by atoms with Crippen LogP contribution in [0.4, 0.5) is 5.69 Å². The maximum atomic E-state index is 10.6. The van der Waals surface area contributed by atoms with Gasteiger partial charge in [-0.2, -0.15) is 0 Å². The van der Waals surface area contributed by atoms with Crippen LogP contribution in [-0.2, 0) is 13.1 Å². The highest BCUT2D eigenvalue weighted by atomic mass is 127. The number of guanidine groups is 1. The summed E-state index contributed by atoms with van der Waals surface area (Å²) in [5.74, 6) is 0.659. The van der Waals surface area contributed by atoms with Gasteiger partial charge in [0.15, 0.2) is 5.96 Å². The first-order valence-corrected chi connectivity index (χ1v) is 7.49. The van der Waals surface area contributed by atoms with E-state index in [1.165, 1.54) is 17.0 Å². The zero-order valence-electron chi connectivity index (χ0n) is 12.8. The van der Waals surface area contributed by atoms with Gasteiger partial charge in [0.25, 0.3) is 5.69 Å². The van der Waals surface area contributed by atoms with Gasteiger partial charge in [-0.25, -0.2) is 4.98 Å². The quantitative estimate of drug-likeness (QED) is 0.242. The number of aliphatic imine (C=N–C) groups is 1. The van der Waals surface area contributed by atoms with Crippen LogP contribution >= 0.6 is 35.3 Å². The van der Waals surface area contributed by atoms with Crippen molar-refractivity contribution < 1.29 is 4.92 Å². The molecule has 0 fully saturated rings. The van der Waals surface area contributed by atoms with Crippen LogP contribution in [0.5, 0.6) is 0 Å². The van der Waals surface area contributed by atoms with Crippen molar-refractivity contribution in [3.05, 3.63) is 56.0 Å². The zero-order chi connectivity index (χ0) is 15.9. The minimum absolute atomic E-state index is 0. The molecule has 0 aliphatic rings. The average molecular weight is 447 g/mol. The predicted octanol–water partition coefficient (Wildman–Crippen LogP) is 2.84. The minimum Gasteiger partial charge on any atom is -0.352 e. The van der Waals surface area contributed by atoms with E-state index in [1.54, 1.807) is 30.5 Å². The highest BCUT2D eigenvalue weighted by Crippen LogP contribution is 2.12. The Hall–Kier alpha value is -1.75. The molecule has 0 aliphatic heterocycles. The predicted molar refractivity (Wildman–Crippen MR) is 102 cm³/mol. The fourth-order valence-corrected chi connectivity index (χ4v) is 2.51. The van der Waals surface area contributed by atoms with Crippen molar-refractivity contribution in [2.45, 2.75) is 20.0 Å². The highest BCUT2D eigenvalue weighted by molar-refractivity contribution is 14.0. The number of nitro groups is 1. The SMILES string of the molecule is CN=C(NCc1ccc([N+](=O)[O-])cc1)NCc1ncc(C)s1.I. The van der Waals surface area contributed by atoms with Crippen molar-refractivity contribution in [1.82, 2.24) is 15.6 Å². The third-order valence-corrected chi connectivity index (χ3v) is 3.82. The molecule has 0 radical (unpaired) electrons. The smallest absolute Gasteiger partial charge is 0.269 e. The Morgan fingerprint density at radius 1 is 1.30 bits per heavy atom. The number of hydrogen-bond acceptors (Lipinski definition) is 5. The highest BCUT2D eigenvalue weighted by Gasteiger charge is 2.05. The molecule has 1 heterocycles. The summed E-state index contributed by atoms with van der Waals surface area (Å²) in [6.07, 6.45) is 1.84. The van der Waals surface area contributed by atoms with Crippen LogP contribution < -0.4 is 10.6 Å². The molecule has 0 aliphatic carbocycles. The summed E-state index contributed by atoms with van der Waals surface area (Å²) in [4.78, 5) is 19.8. The minimum atomic E-state index is -0.409. The number of halogens is 1. The van der Waals surface area contributed by atoms with Crippen molar-refractivity contribution in [2.75, 3.05) is 7.05 Å². The fourth-order valence-electron chi connectivity index (χ4n) is 1.78. The third-order valence-electron chi connectivity index (χ3n) is 2.91. The first kappa shape index (κ1) is 19.3. The van der Waals surface area contributed by atoms with E-state index in [9.17, 15) is 10.1 Å². The molecule has 0 spiro atoms. The third kappa shape index (κ3) is 6.10. The van der Waals surface area contributed by atoms with Gasteiger partial charge in [0.05, 0.1) is 11.5 Å². The molecule has 0 bridgehead atoms. The number of nitrogens with one attached hydrogen (secondary N) is 2. The van der Waals surface area contributed by atoms with Crippen LogP contribution in [0.2, 0.25) is 0 Å². The molecule has 0 unspecified atom stereocenters. The first-order chi connectivity index (χ1) is 10.6. The van der Waals surface area contributed by atoms with Gasteiger partial charge in [-0.05, 0) is 12.5 Å². The largest absolute Gasteiger partial charge is 0.352 e. The van der Waals surface area contributed by atoms with Crippen LogP contribution in [0.3, 0.4) is 0 Å². The van der Waals surface area contributed by atoms with Crippen molar-refractivity contribution in [3.63, 3.8) is 0 Å². The average Bonchev–Trinajstić information content (AvgIpc) is 2.93. The Balaban J connectivity index is 0.00000264. The summed E-state index contributed by atoms with van der Waals surface area (Å²) < 4.78 is 0. The van der Waals surface area contributed by atoms with E-state index in [0.717, 1.165) is 10.6 Å². The van der Waals surface area contributed by atoms with Gasteiger partial charge in [0.2, 0.25) is 0 Å². The first-order valence-electron chi connectivity index (χ1n) is 6.67. The van der Waals surface area contributed by atoms with Crippen LogP contribution in [0.15, 0.2) is 35.5 Å². The number of nitrogens with zero attached hydrogens (tertiary/aromatic N) is 3. The summed E-state index contributed by atoms with van der Waals surface area (Å²) in [6.45, 7) is 3.16. The Morgan fingerprint density at radius 3 is 2.48 bits per heavy atom. The van der Waals surface area contributed by atoms with Gasteiger partial charge in [0.1, 0.15) is 5.01 Å². The molecule has 124 valence electrons. The summed E-state index contributed by atoms with van der Waals surface area (Å²) in [7, 11) is 1.69. The van der Waals surface area contributed by atoms with Crippen molar-refractivity contribution in [2.24, 2.45) is 4.99 Å². The van der Waals surface area contributed by atoms with Gasteiger partial charge in [-0.3, -0.25) is 15.1 Å². The number of aromatic nitrogens is 1. The van der Waals surface area contributed by atoms with Crippen molar-refractivity contribution in [3.8, 4) is 0 Å². The normalized spacial score (nSPS) is 10.8. The maximum Gasteiger partial charge on any atom is 0.269 e. The lowest BCUT2D eigenvalue weighted by Gasteiger charge is -2.10. The molecule has 0 atom stereocenters. The molecule has 23 heavy (non-hydrogen) atoms. The lowest BCUT2D eigenvalue weighted by atomic mass is 10.2. The molecular formula is C14H18IN5O2S. The summed E-state index contributed by atoms with van der Waals surface area (Å²) in [5.41, 5.74) is 1.03. The van der Waals surface area contributed by atoms with E-state index in [2.05, 4.69) is 20.6 Å². The molecule has 1 aromatic heterocycles. The van der Waals surface area contributed by atoms with Crippen LogP contribution in [-0.4, -0.2) is 22.9 Å². The standard InChI is InChI=1S/C14H17N5O2S.HI/c1-10-7-16-13(22-10)9-18-14(15-2)17-8-11-3-5-12(6-4-11)19(20)21;/h3-7H,8-9H2,1-2H3,(H2,15,17,18);1H. The molecule has 2 N–H and O–H groups in total. The number of thiazole rings is 1. The molecular weight excluding hydrogens is 429 g/mol. The Kier molecular flexibility index (Phi) is 7.89. The van der Waals surface area contributed by atoms with Gasteiger partial charge in [-0.1, -0.05) is 12.1 Å². The number of aryl methyl sites for hydroxylation is 1. The van der Waals surface area contributed by atoms with E-state index >= 15 is 0 Å². The molecule has 7 nitrogen and oxygen atoms in total. The Bertz CT molecular complexity index is 672. The van der Waals surface area contributed by atoms with E-state index in [0.29, 0.717) is 19.0 Å². The van der Waals surface area contributed by atoms with Gasteiger partial charge in [-0.15, -0.1) is 35.3 Å². The number of non-ortho nitro benzene ring substituents is 1. The Labute approximate surface area is 155 Å². The molecule has 0 amide bonds. The zero-order valence-corrected chi connectivity index (χ0v) is 15.9. The topological polar surface area (TPSA) is 92.5 Å². The lowest BCUT2D eigenvalue weighted by molar-refractivity contribution is -0.384. The molecule has 0 saturated carbocycles. The van der Waals surface area contributed by atoms with E-state index in [1.807, 2.05) is 13.1 Å². The second kappa shape index (κ2) is 9.40. The lowest BCUT2D eigenvalue weighted by Crippen LogP contribution is -2.36. The van der Waals surface area contributed by atoms with E-state index < -0.39 is 4.92 Å². The summed E-state index contributed by atoms with van der Waals surface area (Å²) >= 11 is 1.64. The van der Waals surface area contributed by atoms with Gasteiger partial charge < -0.3 is 10.6 Å². The van der Waals surface area contributed by atoms with Crippen LogP contribution in [0.25, 0.3) is 0 Å². The summed E-state index contributed by atoms with van der Waals surface area (Å²) in [6, 6.07) is 6.43. The molecule has 2 aromatic rings. The number of nitro benzene ring substituents is 1. The number of rotatable bonds is 5. The van der Waals surface area contributed by atoms with Crippen molar-refractivity contribution in [1.29, 1.82) is 0 Å². The van der Waals surface area contributed by atoms with Crippen LogP contribution in [0, 0.1) is 17.0 Å². The molecule has 1 aromatic carbocycles. The summed E-state index contributed by atoms with van der Waals surface area (Å²) in [5, 5.41) is 17.9. The van der Waals surface area contributed by atoms with Gasteiger partial charge >= 0.3 is 0 Å². The van der Waals surface area contributed by atoms with E-state index in [-0.39, 0.29) is 29.7 Å². The fraction of sp³-hybridized carbons (Fsp3) is 0.286. The Morgan fingerprint density at radius 2 is 1.96 bits per heavy atom. The second-order valence-corrected chi connectivity index (χ2v) is 5.89. The van der Waals surface area contributed by atoms with E-state index in [4.69, 9.17) is 0 Å². The monoisotopic (exact) mass is 447 g/mol. The maximum absolute atomic E-state index is 10.6. The molecule has 0 saturated heterocycles. The molecule has 9 heteroatoms. The number of benzene rings is 1. The second-order valence-electron chi connectivity index (χ2n) is 4.57. The number of hydrogen-bond donors (Lipinski definition) is 2.